The number of carbonyl (C=O) groups excluding carboxylic acids is 3. The van der Waals surface area contributed by atoms with E-state index < -0.39 is 11.6 Å². The van der Waals surface area contributed by atoms with E-state index in [0.29, 0.717) is 19.4 Å². The zero-order valence-corrected chi connectivity index (χ0v) is 15.0. The molecule has 3 fully saturated rings. The molecule has 0 radical (unpaired) electrons. The first-order chi connectivity index (χ1) is 10.9. The minimum atomic E-state index is -0.738. The average Bonchev–Trinajstić information content (AvgIpc) is 3.08. The van der Waals surface area contributed by atoms with Crippen LogP contribution in [0.1, 0.15) is 45.4 Å². The molecule has 1 spiro atoms. The molecule has 3 N–H and O–H groups in total. The lowest BCUT2D eigenvalue weighted by Gasteiger charge is -2.34. The molecule has 7 nitrogen and oxygen atoms in total. The van der Waals surface area contributed by atoms with Gasteiger partial charge in [-0.2, -0.15) is 0 Å². The Kier molecular flexibility index (Phi) is 5.75. The van der Waals surface area contributed by atoms with Crippen LogP contribution in [0.2, 0.25) is 0 Å². The first-order valence-electron chi connectivity index (χ1n) is 8.56. The van der Waals surface area contributed by atoms with Gasteiger partial charge in [-0.25, -0.2) is 4.79 Å². The number of carbonyl (C=O) groups is 3. The van der Waals surface area contributed by atoms with Gasteiger partial charge in [0.25, 0.3) is 5.91 Å². The fourth-order valence-electron chi connectivity index (χ4n) is 3.86. The molecule has 0 atom stereocenters. The van der Waals surface area contributed by atoms with E-state index in [0.717, 1.165) is 43.7 Å². The minimum Gasteiger partial charge on any atom is -0.354 e. The predicted molar refractivity (Wildman–Crippen MR) is 91.9 cm³/mol. The summed E-state index contributed by atoms with van der Waals surface area (Å²) in [6.07, 6.45) is 5.28. The molecule has 3 rings (SSSR count). The Bertz CT molecular complexity index is 513. The van der Waals surface area contributed by atoms with Crippen molar-refractivity contribution in [3.8, 4) is 0 Å². The maximum atomic E-state index is 12.5. The lowest BCUT2D eigenvalue weighted by atomic mass is 9.81. The fourth-order valence-corrected chi connectivity index (χ4v) is 3.86. The van der Waals surface area contributed by atoms with Crippen molar-refractivity contribution in [1.29, 1.82) is 0 Å². The second-order valence-electron chi connectivity index (χ2n) is 7.45. The number of urea groups is 1. The van der Waals surface area contributed by atoms with Crippen molar-refractivity contribution in [1.82, 2.24) is 20.9 Å². The molecule has 0 aromatic carbocycles. The second-order valence-corrected chi connectivity index (χ2v) is 7.45. The minimum absolute atomic E-state index is 0. The molecule has 1 aliphatic carbocycles. The van der Waals surface area contributed by atoms with Crippen LogP contribution in [-0.2, 0) is 9.59 Å². The lowest BCUT2D eigenvalue weighted by molar-refractivity contribution is -0.135. The van der Waals surface area contributed by atoms with Crippen LogP contribution < -0.4 is 16.0 Å². The van der Waals surface area contributed by atoms with Crippen LogP contribution in [0.3, 0.4) is 0 Å². The van der Waals surface area contributed by atoms with Gasteiger partial charge in [0.15, 0.2) is 0 Å². The van der Waals surface area contributed by atoms with Crippen molar-refractivity contribution in [3.05, 3.63) is 0 Å². The van der Waals surface area contributed by atoms with Gasteiger partial charge in [0.05, 0.1) is 0 Å². The molecule has 0 aromatic heterocycles. The van der Waals surface area contributed by atoms with Crippen LogP contribution in [0.15, 0.2) is 0 Å². The summed E-state index contributed by atoms with van der Waals surface area (Å²) in [5.41, 5.74) is -0.650. The van der Waals surface area contributed by atoms with E-state index in [1.165, 1.54) is 0 Å². The number of hydrogen-bond acceptors (Lipinski definition) is 4. The summed E-state index contributed by atoms with van der Waals surface area (Å²) in [5, 5.41) is 9.00. The monoisotopic (exact) mass is 358 g/mol. The zero-order chi connectivity index (χ0) is 16.5. The Hall–Kier alpha value is -1.34. The molecule has 0 aromatic rings. The highest BCUT2D eigenvalue weighted by molar-refractivity contribution is 6.09. The van der Waals surface area contributed by atoms with Crippen LogP contribution in [0.5, 0.6) is 0 Å². The first kappa shape index (κ1) is 19.0. The van der Waals surface area contributed by atoms with Crippen LogP contribution >= 0.6 is 12.4 Å². The number of rotatable bonds is 4. The summed E-state index contributed by atoms with van der Waals surface area (Å²) in [4.78, 5) is 37.8. The van der Waals surface area contributed by atoms with Gasteiger partial charge in [0, 0.05) is 6.54 Å². The highest BCUT2D eigenvalue weighted by Crippen LogP contribution is 2.34. The van der Waals surface area contributed by atoms with Gasteiger partial charge in [-0.05, 0) is 44.2 Å². The van der Waals surface area contributed by atoms with Gasteiger partial charge < -0.3 is 16.0 Å². The van der Waals surface area contributed by atoms with Crippen molar-refractivity contribution in [2.75, 3.05) is 26.2 Å². The third-order valence-electron chi connectivity index (χ3n) is 5.53. The van der Waals surface area contributed by atoms with Crippen molar-refractivity contribution < 1.29 is 14.4 Å². The maximum absolute atomic E-state index is 12.5. The lowest BCUT2D eigenvalue weighted by Crippen LogP contribution is -2.47. The van der Waals surface area contributed by atoms with E-state index in [1.54, 1.807) is 0 Å². The molecule has 4 amide bonds. The molecule has 1 saturated carbocycles. The first-order valence-corrected chi connectivity index (χ1v) is 8.56. The number of piperidine rings is 1. The summed E-state index contributed by atoms with van der Waals surface area (Å²) in [7, 11) is 0. The molecule has 2 saturated heterocycles. The number of imide groups is 1. The van der Waals surface area contributed by atoms with Crippen LogP contribution in [0, 0.1) is 5.41 Å². The van der Waals surface area contributed by atoms with Crippen LogP contribution in [0.4, 0.5) is 4.79 Å². The number of nitrogens with zero attached hydrogens (tertiary/aromatic N) is 1. The van der Waals surface area contributed by atoms with Crippen molar-refractivity contribution in [3.63, 3.8) is 0 Å². The Morgan fingerprint density at radius 3 is 2.42 bits per heavy atom. The normalized spacial score (nSPS) is 24.6. The molecule has 136 valence electrons. The predicted octanol–water partition coefficient (Wildman–Crippen LogP) is 0.779. The molecule has 8 heteroatoms. The third kappa shape index (κ3) is 3.67. The topological polar surface area (TPSA) is 90.5 Å². The molecular formula is C16H27ClN4O3. The van der Waals surface area contributed by atoms with Gasteiger partial charge in [0.2, 0.25) is 5.91 Å². The largest absolute Gasteiger partial charge is 0.354 e. The van der Waals surface area contributed by atoms with E-state index in [4.69, 9.17) is 0 Å². The quantitative estimate of drug-likeness (QED) is 0.648. The van der Waals surface area contributed by atoms with Gasteiger partial charge >= 0.3 is 6.03 Å². The van der Waals surface area contributed by atoms with E-state index in [-0.39, 0.29) is 36.2 Å². The zero-order valence-electron chi connectivity index (χ0n) is 14.2. The Balaban J connectivity index is 0.00000208. The smallest absolute Gasteiger partial charge is 0.325 e. The van der Waals surface area contributed by atoms with Crippen LogP contribution in [0.25, 0.3) is 0 Å². The SMILES string of the molecule is CC1(CNC(=O)CN2C(=O)NC3(CCCC3)C2=O)CCNCC1.Cl. The van der Waals surface area contributed by atoms with E-state index in [1.807, 2.05) is 0 Å². The second kappa shape index (κ2) is 7.27. The third-order valence-corrected chi connectivity index (χ3v) is 5.53. The van der Waals surface area contributed by atoms with Gasteiger partial charge in [-0.3, -0.25) is 14.5 Å². The number of amides is 4. The van der Waals surface area contributed by atoms with E-state index in [9.17, 15) is 14.4 Å². The van der Waals surface area contributed by atoms with Crippen molar-refractivity contribution >= 4 is 30.3 Å². The van der Waals surface area contributed by atoms with Gasteiger partial charge in [-0.15, -0.1) is 12.4 Å². The van der Waals surface area contributed by atoms with Crippen LogP contribution in [-0.4, -0.2) is 54.5 Å². The summed E-state index contributed by atoms with van der Waals surface area (Å²) < 4.78 is 0. The summed E-state index contributed by atoms with van der Waals surface area (Å²) >= 11 is 0. The summed E-state index contributed by atoms with van der Waals surface area (Å²) in [5.74, 6) is -0.494. The van der Waals surface area contributed by atoms with E-state index in [2.05, 4.69) is 22.9 Å². The summed E-state index contributed by atoms with van der Waals surface area (Å²) in [6, 6.07) is -0.430. The van der Waals surface area contributed by atoms with Crippen molar-refractivity contribution in [2.24, 2.45) is 5.41 Å². The maximum Gasteiger partial charge on any atom is 0.325 e. The fraction of sp³-hybridized carbons (Fsp3) is 0.812. The standard InChI is InChI=1S/C16H26N4O3.ClH/c1-15(6-8-17-9-7-15)11-18-12(21)10-20-13(22)16(19-14(20)23)4-2-3-5-16;/h17H,2-11H2,1H3,(H,18,21)(H,19,23);1H. The Morgan fingerprint density at radius 1 is 1.17 bits per heavy atom. The molecule has 24 heavy (non-hydrogen) atoms. The molecule has 0 bridgehead atoms. The molecular weight excluding hydrogens is 332 g/mol. The molecule has 0 unspecified atom stereocenters. The summed E-state index contributed by atoms with van der Waals surface area (Å²) in [6.45, 7) is 4.49. The highest BCUT2D eigenvalue weighted by Gasteiger charge is 2.52. The van der Waals surface area contributed by atoms with Crippen molar-refractivity contribution in [2.45, 2.75) is 51.0 Å². The van der Waals surface area contributed by atoms with E-state index >= 15 is 0 Å². The van der Waals surface area contributed by atoms with Gasteiger partial charge in [0.1, 0.15) is 12.1 Å². The molecule has 2 heterocycles. The number of halogens is 1. The Labute approximate surface area is 148 Å². The van der Waals surface area contributed by atoms with Gasteiger partial charge in [-0.1, -0.05) is 19.8 Å². The molecule has 3 aliphatic rings. The molecule has 2 aliphatic heterocycles. The highest BCUT2D eigenvalue weighted by atomic mass is 35.5. The number of nitrogens with one attached hydrogen (secondary N) is 3. The Morgan fingerprint density at radius 2 is 1.79 bits per heavy atom. The number of hydrogen-bond donors (Lipinski definition) is 3. The average molecular weight is 359 g/mol.